The van der Waals surface area contributed by atoms with Gasteiger partial charge in [-0.25, -0.2) is 0 Å². The smallest absolute Gasteiger partial charge is 0.0635 e. The van der Waals surface area contributed by atoms with Crippen molar-refractivity contribution in [2.24, 2.45) is 0 Å². The van der Waals surface area contributed by atoms with Gasteiger partial charge in [-0.1, -0.05) is 40.9 Å². The first-order chi connectivity index (χ1) is 11.6. The molecule has 3 aromatic rings. The van der Waals surface area contributed by atoms with Crippen molar-refractivity contribution in [3.05, 3.63) is 57.2 Å². The fourth-order valence-corrected chi connectivity index (χ4v) is 3.39. The molecule has 1 heterocycles. The number of nitrogens with one attached hydrogen (secondary N) is 2. The van der Waals surface area contributed by atoms with E-state index in [9.17, 15) is 0 Å². The van der Waals surface area contributed by atoms with Crippen LogP contribution in [0.3, 0.4) is 0 Å². The maximum absolute atomic E-state index is 8.66. The predicted molar refractivity (Wildman–Crippen MR) is 101 cm³/mol. The molecule has 0 unspecified atom stereocenters. The van der Waals surface area contributed by atoms with Crippen LogP contribution in [0.2, 0.25) is 15.1 Å². The molecular weight excluding hydrogens is 365 g/mol. The number of aromatic nitrogens is 1. The molecule has 0 radical (unpaired) electrons. The molecule has 0 fully saturated rings. The average Bonchev–Trinajstić information content (AvgIpc) is 2.89. The lowest BCUT2D eigenvalue weighted by Crippen LogP contribution is -2.15. The minimum absolute atomic E-state index is 0.461. The summed E-state index contributed by atoms with van der Waals surface area (Å²) >= 11 is 18.6. The van der Waals surface area contributed by atoms with Gasteiger partial charge in [0, 0.05) is 62.3 Å². The molecule has 0 amide bonds. The summed E-state index contributed by atoms with van der Waals surface area (Å²) in [5, 5.41) is 14.8. The van der Waals surface area contributed by atoms with E-state index in [1.165, 1.54) is 0 Å². The lowest BCUT2D eigenvalue weighted by Gasteiger charge is -2.09. The average molecular weight is 379 g/mol. The molecule has 0 atom stereocenters. The SMILES string of the molecule is N#CCCNCc1[nH]c2ccc(Cl)cc2c1-c1ccc(Cl)cc1Cl. The van der Waals surface area contributed by atoms with Crippen LogP contribution in [0.4, 0.5) is 0 Å². The van der Waals surface area contributed by atoms with E-state index in [2.05, 4.69) is 16.4 Å². The summed E-state index contributed by atoms with van der Waals surface area (Å²) in [6.07, 6.45) is 0.461. The number of benzene rings is 2. The minimum atomic E-state index is 0.461. The molecular formula is C18H14Cl3N3. The van der Waals surface area contributed by atoms with E-state index in [4.69, 9.17) is 40.1 Å². The van der Waals surface area contributed by atoms with Crippen molar-refractivity contribution in [1.82, 2.24) is 10.3 Å². The molecule has 1 aromatic heterocycles. The normalized spacial score (nSPS) is 10.9. The molecule has 0 aliphatic heterocycles. The van der Waals surface area contributed by atoms with Crippen LogP contribution >= 0.6 is 34.8 Å². The lowest BCUT2D eigenvalue weighted by atomic mass is 10.0. The first kappa shape index (κ1) is 17.1. The van der Waals surface area contributed by atoms with Gasteiger partial charge >= 0.3 is 0 Å². The molecule has 122 valence electrons. The van der Waals surface area contributed by atoms with Crippen LogP contribution in [0.5, 0.6) is 0 Å². The van der Waals surface area contributed by atoms with Gasteiger partial charge in [-0.3, -0.25) is 0 Å². The van der Waals surface area contributed by atoms with E-state index in [0.29, 0.717) is 34.6 Å². The first-order valence-corrected chi connectivity index (χ1v) is 8.56. The van der Waals surface area contributed by atoms with Crippen LogP contribution in [0.25, 0.3) is 22.0 Å². The first-order valence-electron chi connectivity index (χ1n) is 7.43. The predicted octanol–water partition coefficient (Wildman–Crippen LogP) is 5.80. The van der Waals surface area contributed by atoms with Crippen LogP contribution in [0, 0.1) is 11.3 Å². The van der Waals surface area contributed by atoms with E-state index in [1.807, 2.05) is 30.3 Å². The van der Waals surface area contributed by atoms with Crippen molar-refractivity contribution in [2.45, 2.75) is 13.0 Å². The maximum Gasteiger partial charge on any atom is 0.0635 e. The third kappa shape index (κ3) is 3.53. The molecule has 0 aliphatic rings. The Kier molecular flexibility index (Phi) is 5.33. The van der Waals surface area contributed by atoms with Crippen molar-refractivity contribution < 1.29 is 0 Å². The number of fused-ring (bicyclic) bond motifs is 1. The summed E-state index contributed by atoms with van der Waals surface area (Å²) in [5.41, 5.74) is 3.87. The summed E-state index contributed by atoms with van der Waals surface area (Å²) < 4.78 is 0. The van der Waals surface area contributed by atoms with Crippen LogP contribution in [0.1, 0.15) is 12.1 Å². The Balaban J connectivity index is 2.11. The standard InChI is InChI=1S/C18H14Cl3N3/c19-11-3-5-16-14(8-11)18(13-4-2-12(20)9-15(13)21)17(24-16)10-23-7-1-6-22/h2-5,8-9,23-24H,1,7,10H2. The van der Waals surface area contributed by atoms with Crippen molar-refractivity contribution in [3.8, 4) is 17.2 Å². The van der Waals surface area contributed by atoms with Crippen molar-refractivity contribution in [1.29, 1.82) is 5.26 Å². The fraction of sp³-hybridized carbons (Fsp3) is 0.167. The molecule has 0 spiro atoms. The van der Waals surface area contributed by atoms with Crippen molar-refractivity contribution in [3.63, 3.8) is 0 Å². The summed E-state index contributed by atoms with van der Waals surface area (Å²) in [5.74, 6) is 0. The van der Waals surface area contributed by atoms with Crippen molar-refractivity contribution in [2.75, 3.05) is 6.54 Å². The Hall–Kier alpha value is -1.70. The van der Waals surface area contributed by atoms with E-state index >= 15 is 0 Å². The molecule has 2 N–H and O–H groups in total. The number of hydrogen-bond acceptors (Lipinski definition) is 2. The van der Waals surface area contributed by atoms with Crippen LogP contribution in [0.15, 0.2) is 36.4 Å². The molecule has 0 aliphatic carbocycles. The number of hydrogen-bond donors (Lipinski definition) is 2. The van der Waals surface area contributed by atoms with E-state index in [1.54, 1.807) is 6.07 Å². The van der Waals surface area contributed by atoms with Gasteiger partial charge < -0.3 is 10.3 Å². The third-order valence-corrected chi connectivity index (χ3v) is 4.54. The van der Waals surface area contributed by atoms with E-state index in [0.717, 1.165) is 27.7 Å². The van der Waals surface area contributed by atoms with Gasteiger partial charge in [0.25, 0.3) is 0 Å². The van der Waals surface area contributed by atoms with Crippen LogP contribution in [-0.4, -0.2) is 11.5 Å². The number of rotatable bonds is 5. The Morgan fingerprint density at radius 3 is 2.54 bits per heavy atom. The Bertz CT molecular complexity index is 925. The molecule has 3 rings (SSSR count). The second-order valence-electron chi connectivity index (χ2n) is 5.38. The molecule has 3 nitrogen and oxygen atoms in total. The fourth-order valence-electron chi connectivity index (χ4n) is 2.71. The van der Waals surface area contributed by atoms with Gasteiger partial charge in [0.2, 0.25) is 0 Å². The van der Waals surface area contributed by atoms with Gasteiger partial charge in [-0.15, -0.1) is 0 Å². The van der Waals surface area contributed by atoms with Gasteiger partial charge in [-0.2, -0.15) is 5.26 Å². The molecule has 2 aromatic carbocycles. The quantitative estimate of drug-likeness (QED) is 0.551. The third-order valence-electron chi connectivity index (χ3n) is 3.75. The Morgan fingerprint density at radius 2 is 1.79 bits per heavy atom. The van der Waals surface area contributed by atoms with Gasteiger partial charge in [-0.05, 0) is 30.3 Å². The maximum atomic E-state index is 8.66. The highest BCUT2D eigenvalue weighted by atomic mass is 35.5. The van der Waals surface area contributed by atoms with E-state index in [-0.39, 0.29) is 0 Å². The van der Waals surface area contributed by atoms with Gasteiger partial charge in [0.05, 0.1) is 6.07 Å². The number of nitriles is 1. The zero-order chi connectivity index (χ0) is 17.1. The van der Waals surface area contributed by atoms with E-state index < -0.39 is 0 Å². The number of aromatic amines is 1. The molecule has 24 heavy (non-hydrogen) atoms. The zero-order valence-corrected chi connectivity index (χ0v) is 14.9. The zero-order valence-electron chi connectivity index (χ0n) is 12.7. The second kappa shape index (κ2) is 7.46. The van der Waals surface area contributed by atoms with Crippen molar-refractivity contribution >= 4 is 45.7 Å². The summed E-state index contributed by atoms with van der Waals surface area (Å²) in [4.78, 5) is 3.41. The Morgan fingerprint density at radius 1 is 1.04 bits per heavy atom. The molecule has 0 bridgehead atoms. The lowest BCUT2D eigenvalue weighted by molar-refractivity contribution is 0.690. The number of H-pyrrole nitrogens is 1. The summed E-state index contributed by atoms with van der Waals surface area (Å²) in [7, 11) is 0. The Labute approximate surface area is 155 Å². The largest absolute Gasteiger partial charge is 0.357 e. The topological polar surface area (TPSA) is 51.6 Å². The molecule has 6 heteroatoms. The summed E-state index contributed by atoms with van der Waals surface area (Å²) in [6, 6.07) is 13.3. The highest BCUT2D eigenvalue weighted by Gasteiger charge is 2.16. The summed E-state index contributed by atoms with van der Waals surface area (Å²) in [6.45, 7) is 1.22. The highest BCUT2D eigenvalue weighted by Crippen LogP contribution is 2.38. The monoisotopic (exact) mass is 377 g/mol. The molecule has 0 saturated carbocycles. The van der Waals surface area contributed by atoms with Crippen LogP contribution in [-0.2, 0) is 6.54 Å². The minimum Gasteiger partial charge on any atom is -0.357 e. The number of nitrogens with zero attached hydrogens (tertiary/aromatic N) is 1. The van der Waals surface area contributed by atoms with Gasteiger partial charge in [0.1, 0.15) is 0 Å². The molecule has 0 saturated heterocycles. The second-order valence-corrected chi connectivity index (χ2v) is 6.66. The highest BCUT2D eigenvalue weighted by molar-refractivity contribution is 6.37. The van der Waals surface area contributed by atoms with Crippen LogP contribution < -0.4 is 5.32 Å². The van der Waals surface area contributed by atoms with Gasteiger partial charge in [0.15, 0.2) is 0 Å². The number of halogens is 3.